The minimum atomic E-state index is -3.19. The molecule has 0 aliphatic heterocycles. The van der Waals surface area contributed by atoms with Gasteiger partial charge < -0.3 is 15.0 Å². The third kappa shape index (κ3) is 4.90. The van der Waals surface area contributed by atoms with Crippen molar-refractivity contribution in [3.05, 3.63) is 24.0 Å². The van der Waals surface area contributed by atoms with Crippen molar-refractivity contribution in [2.24, 2.45) is 11.8 Å². The standard InChI is InChI=1S/C20H28N4O4S/c1-21-29(26,27)12-14-4-6-15(7-5-14)24-18-16-8-9-22-19(16)23-10-17(18)20(25)28-11-13-2-3-13/h8-10,13-15,21H,2-7,11-12H2,1H3,(H2,22,23,24). The van der Waals surface area contributed by atoms with Crippen LogP contribution in [0.2, 0.25) is 0 Å². The van der Waals surface area contributed by atoms with E-state index in [1.807, 2.05) is 12.3 Å². The zero-order valence-electron chi connectivity index (χ0n) is 16.6. The fourth-order valence-corrected chi connectivity index (χ4v) is 5.07. The SMILES string of the molecule is CNS(=O)(=O)CC1CCC(Nc2c(C(=O)OCC3CC3)cnc3[nH]ccc23)CC1. The molecule has 0 saturated heterocycles. The largest absolute Gasteiger partial charge is 0.462 e. The number of fused-ring (bicyclic) bond motifs is 1. The molecule has 0 atom stereocenters. The topological polar surface area (TPSA) is 113 Å². The van der Waals surface area contributed by atoms with E-state index in [2.05, 4.69) is 20.0 Å². The first-order valence-electron chi connectivity index (χ1n) is 10.3. The predicted octanol–water partition coefficient (Wildman–Crippen LogP) is 2.65. The molecule has 9 heteroatoms. The zero-order chi connectivity index (χ0) is 20.4. The molecule has 2 saturated carbocycles. The second-order valence-corrected chi connectivity index (χ2v) is 10.1. The Morgan fingerprint density at radius 3 is 2.62 bits per heavy atom. The van der Waals surface area contributed by atoms with Crippen LogP contribution < -0.4 is 10.0 Å². The van der Waals surface area contributed by atoms with Crippen LogP contribution in [0.15, 0.2) is 18.5 Å². The normalized spacial score (nSPS) is 22.5. The van der Waals surface area contributed by atoms with Gasteiger partial charge >= 0.3 is 5.97 Å². The zero-order valence-corrected chi connectivity index (χ0v) is 17.4. The minimum Gasteiger partial charge on any atom is -0.462 e. The molecule has 2 aliphatic rings. The van der Waals surface area contributed by atoms with Gasteiger partial charge in [-0.1, -0.05) is 0 Å². The summed E-state index contributed by atoms with van der Waals surface area (Å²) >= 11 is 0. The number of ether oxygens (including phenoxy) is 1. The highest BCUT2D eigenvalue weighted by atomic mass is 32.2. The predicted molar refractivity (Wildman–Crippen MR) is 111 cm³/mol. The number of anilines is 1. The van der Waals surface area contributed by atoms with Gasteiger partial charge in [0.2, 0.25) is 10.0 Å². The number of nitrogens with zero attached hydrogens (tertiary/aromatic N) is 1. The molecule has 0 aromatic carbocycles. The van der Waals surface area contributed by atoms with Crippen LogP contribution in [0.5, 0.6) is 0 Å². The maximum atomic E-state index is 12.7. The average Bonchev–Trinajstić information content (AvgIpc) is 3.42. The highest BCUT2D eigenvalue weighted by molar-refractivity contribution is 7.89. The van der Waals surface area contributed by atoms with Crippen molar-refractivity contribution in [3.63, 3.8) is 0 Å². The molecular weight excluding hydrogens is 392 g/mol. The van der Waals surface area contributed by atoms with E-state index in [1.165, 1.54) is 7.05 Å². The molecule has 2 aliphatic carbocycles. The number of carbonyl (C=O) groups excluding carboxylic acids is 1. The van der Waals surface area contributed by atoms with Gasteiger partial charge in [-0.3, -0.25) is 0 Å². The van der Waals surface area contributed by atoms with E-state index >= 15 is 0 Å². The number of H-pyrrole nitrogens is 1. The number of aromatic amines is 1. The molecule has 0 amide bonds. The molecule has 0 bridgehead atoms. The van der Waals surface area contributed by atoms with Crippen LogP contribution in [0.4, 0.5) is 5.69 Å². The third-order valence-corrected chi connectivity index (χ3v) is 7.45. The molecule has 0 unspecified atom stereocenters. The lowest BCUT2D eigenvalue weighted by atomic mass is 9.87. The summed E-state index contributed by atoms with van der Waals surface area (Å²) in [4.78, 5) is 20.1. The molecule has 2 aromatic heterocycles. The first-order chi connectivity index (χ1) is 13.9. The number of pyridine rings is 1. The van der Waals surface area contributed by atoms with Gasteiger partial charge in [-0.2, -0.15) is 0 Å². The van der Waals surface area contributed by atoms with E-state index in [9.17, 15) is 13.2 Å². The number of nitrogens with one attached hydrogen (secondary N) is 3. The van der Waals surface area contributed by atoms with E-state index < -0.39 is 10.0 Å². The molecule has 2 heterocycles. The highest BCUT2D eigenvalue weighted by Crippen LogP contribution is 2.33. The lowest BCUT2D eigenvalue weighted by Gasteiger charge is -2.30. The van der Waals surface area contributed by atoms with E-state index in [4.69, 9.17) is 4.74 Å². The average molecular weight is 421 g/mol. The number of hydrogen-bond acceptors (Lipinski definition) is 6. The van der Waals surface area contributed by atoms with Crippen molar-refractivity contribution in [2.45, 2.75) is 44.6 Å². The van der Waals surface area contributed by atoms with Gasteiger partial charge in [0.05, 0.1) is 18.0 Å². The van der Waals surface area contributed by atoms with Crippen LogP contribution in [-0.4, -0.2) is 49.8 Å². The van der Waals surface area contributed by atoms with Crippen molar-refractivity contribution in [3.8, 4) is 0 Å². The lowest BCUT2D eigenvalue weighted by Crippen LogP contribution is -2.32. The summed E-state index contributed by atoms with van der Waals surface area (Å²) < 4.78 is 31.5. The summed E-state index contributed by atoms with van der Waals surface area (Å²) in [7, 11) is -1.73. The van der Waals surface area contributed by atoms with Crippen molar-refractivity contribution in [2.75, 3.05) is 24.7 Å². The summed E-state index contributed by atoms with van der Waals surface area (Å²) in [5.74, 6) is 0.497. The minimum absolute atomic E-state index is 0.165. The van der Waals surface area contributed by atoms with Crippen LogP contribution in [-0.2, 0) is 14.8 Å². The lowest BCUT2D eigenvalue weighted by molar-refractivity contribution is 0.0487. The van der Waals surface area contributed by atoms with Gasteiger partial charge in [-0.05, 0) is 63.5 Å². The quantitative estimate of drug-likeness (QED) is 0.566. The maximum absolute atomic E-state index is 12.7. The van der Waals surface area contributed by atoms with E-state index in [-0.39, 0.29) is 23.7 Å². The Morgan fingerprint density at radius 2 is 1.93 bits per heavy atom. The highest BCUT2D eigenvalue weighted by Gasteiger charge is 2.28. The number of carbonyl (C=O) groups is 1. The smallest absolute Gasteiger partial charge is 0.341 e. The molecule has 8 nitrogen and oxygen atoms in total. The van der Waals surface area contributed by atoms with Gasteiger partial charge in [0.15, 0.2) is 0 Å². The van der Waals surface area contributed by atoms with Crippen molar-refractivity contribution in [1.29, 1.82) is 0 Å². The Labute approximate surface area is 170 Å². The molecule has 0 radical (unpaired) electrons. The summed E-state index contributed by atoms with van der Waals surface area (Å²) in [6.45, 7) is 0.467. The van der Waals surface area contributed by atoms with E-state index in [1.54, 1.807) is 6.20 Å². The molecule has 158 valence electrons. The second kappa shape index (κ2) is 8.31. The second-order valence-electron chi connectivity index (χ2n) is 8.18. The van der Waals surface area contributed by atoms with Gasteiger partial charge in [0.25, 0.3) is 0 Å². The Hall–Kier alpha value is -2.13. The Bertz CT molecular complexity index is 976. The maximum Gasteiger partial charge on any atom is 0.341 e. The van der Waals surface area contributed by atoms with Crippen LogP contribution >= 0.6 is 0 Å². The number of aromatic nitrogens is 2. The van der Waals surface area contributed by atoms with Crippen molar-refractivity contribution < 1.29 is 17.9 Å². The van der Waals surface area contributed by atoms with Gasteiger partial charge in [0.1, 0.15) is 11.2 Å². The number of hydrogen-bond donors (Lipinski definition) is 3. The number of esters is 1. The summed E-state index contributed by atoms with van der Waals surface area (Å²) in [6.07, 6.45) is 9.01. The van der Waals surface area contributed by atoms with Crippen LogP contribution in [0, 0.1) is 11.8 Å². The molecule has 4 rings (SSSR count). The Balaban J connectivity index is 1.46. The first kappa shape index (κ1) is 20.2. The molecule has 3 N–H and O–H groups in total. The van der Waals surface area contributed by atoms with Gasteiger partial charge in [-0.15, -0.1) is 0 Å². The molecule has 0 spiro atoms. The molecule has 29 heavy (non-hydrogen) atoms. The van der Waals surface area contributed by atoms with E-state index in [0.29, 0.717) is 18.1 Å². The first-order valence-corrected chi connectivity index (χ1v) is 11.9. The van der Waals surface area contributed by atoms with Crippen LogP contribution in [0.3, 0.4) is 0 Å². The summed E-state index contributed by atoms with van der Waals surface area (Å²) in [5.41, 5.74) is 1.93. The fourth-order valence-electron chi connectivity index (χ4n) is 3.95. The number of sulfonamides is 1. The van der Waals surface area contributed by atoms with Crippen LogP contribution in [0.25, 0.3) is 11.0 Å². The third-order valence-electron chi connectivity index (χ3n) is 5.91. The van der Waals surface area contributed by atoms with E-state index in [0.717, 1.165) is 55.2 Å². The van der Waals surface area contributed by atoms with Gasteiger partial charge in [0, 0.05) is 23.8 Å². The molecular formula is C20H28N4O4S. The summed E-state index contributed by atoms with van der Waals surface area (Å²) in [6, 6.07) is 2.09. The van der Waals surface area contributed by atoms with Gasteiger partial charge in [-0.25, -0.2) is 22.9 Å². The van der Waals surface area contributed by atoms with Crippen LogP contribution in [0.1, 0.15) is 48.9 Å². The summed E-state index contributed by atoms with van der Waals surface area (Å²) in [5, 5.41) is 4.40. The monoisotopic (exact) mass is 420 g/mol. The molecule has 2 aromatic rings. The Kier molecular flexibility index (Phi) is 5.78. The Morgan fingerprint density at radius 1 is 1.21 bits per heavy atom. The number of rotatable bonds is 8. The molecule has 2 fully saturated rings. The van der Waals surface area contributed by atoms with Crippen molar-refractivity contribution >= 4 is 32.7 Å². The van der Waals surface area contributed by atoms with Crippen molar-refractivity contribution in [1.82, 2.24) is 14.7 Å². The fraction of sp³-hybridized carbons (Fsp3) is 0.600.